The molecule has 2 aromatic carbocycles. The number of alkyl halides is 3. The Balaban J connectivity index is 2.07. The third kappa shape index (κ3) is 6.67. The number of benzene rings is 2. The van der Waals surface area contributed by atoms with Crippen molar-refractivity contribution in [3.63, 3.8) is 0 Å². The number of carbonyl (C=O) groups is 2. The number of ether oxygens (including phenoxy) is 2. The second-order valence-corrected chi connectivity index (χ2v) is 5.87. The zero-order chi connectivity index (χ0) is 22.1. The molecule has 0 unspecified atom stereocenters. The fraction of sp³-hybridized carbons (Fsp3) is 0.190. The van der Waals surface area contributed by atoms with Crippen LogP contribution in [0.5, 0.6) is 5.75 Å². The van der Waals surface area contributed by atoms with E-state index < -0.39 is 23.6 Å². The molecule has 0 spiro atoms. The molecule has 0 atom stereocenters. The maximum absolute atomic E-state index is 12.8. The third-order valence-corrected chi connectivity index (χ3v) is 3.67. The number of esters is 1. The van der Waals surface area contributed by atoms with E-state index in [9.17, 15) is 28.0 Å². The summed E-state index contributed by atoms with van der Waals surface area (Å²) in [6, 6.07) is 12.0. The van der Waals surface area contributed by atoms with Gasteiger partial charge >= 0.3 is 12.1 Å². The Hall–Kier alpha value is -3.80. The van der Waals surface area contributed by atoms with Crippen molar-refractivity contribution in [1.29, 1.82) is 5.26 Å². The van der Waals surface area contributed by atoms with Gasteiger partial charge in [-0.15, -0.1) is 0 Å². The average Bonchev–Trinajstić information content (AvgIpc) is 2.71. The van der Waals surface area contributed by atoms with Crippen molar-refractivity contribution in [1.82, 2.24) is 0 Å². The molecular weight excluding hydrogens is 401 g/mol. The van der Waals surface area contributed by atoms with Gasteiger partial charge in [-0.2, -0.15) is 18.4 Å². The Bertz CT molecular complexity index is 977. The first-order chi connectivity index (χ1) is 14.2. The number of nitrogens with zero attached hydrogens (tertiary/aromatic N) is 1. The Morgan fingerprint density at radius 1 is 1.17 bits per heavy atom. The van der Waals surface area contributed by atoms with Crippen LogP contribution in [0.1, 0.15) is 18.1 Å². The minimum Gasteiger partial charge on any atom is -0.482 e. The number of rotatable bonds is 7. The summed E-state index contributed by atoms with van der Waals surface area (Å²) in [6.07, 6.45) is -3.27. The molecule has 1 amide bonds. The molecule has 9 heteroatoms. The molecule has 0 saturated heterocycles. The summed E-state index contributed by atoms with van der Waals surface area (Å²) in [4.78, 5) is 23.5. The molecule has 30 heavy (non-hydrogen) atoms. The largest absolute Gasteiger partial charge is 0.482 e. The molecule has 2 rings (SSSR count). The summed E-state index contributed by atoms with van der Waals surface area (Å²) in [5.41, 5.74) is -0.818. The number of anilines is 1. The Labute approximate surface area is 170 Å². The van der Waals surface area contributed by atoms with Crippen LogP contribution in [0.4, 0.5) is 18.9 Å². The van der Waals surface area contributed by atoms with Crippen molar-refractivity contribution in [3.8, 4) is 11.8 Å². The van der Waals surface area contributed by atoms with E-state index in [1.807, 2.05) is 0 Å². The lowest BCUT2D eigenvalue weighted by Gasteiger charge is -2.09. The van der Waals surface area contributed by atoms with Gasteiger partial charge in [0.2, 0.25) is 0 Å². The molecule has 0 fully saturated rings. The van der Waals surface area contributed by atoms with Crippen molar-refractivity contribution in [2.75, 3.05) is 18.5 Å². The molecule has 0 heterocycles. The Kier molecular flexibility index (Phi) is 7.58. The number of carbonyl (C=O) groups excluding carboxylic acids is 2. The number of nitriles is 1. The third-order valence-electron chi connectivity index (χ3n) is 3.67. The van der Waals surface area contributed by atoms with Crippen LogP contribution in [-0.2, 0) is 20.5 Å². The molecule has 0 aliphatic rings. The van der Waals surface area contributed by atoms with Gasteiger partial charge in [0.05, 0.1) is 12.2 Å². The standard InChI is InChI=1S/C21H17F3N2O4/c1-2-29-19(27)13-30-18-8-6-14(7-9-18)10-15(12-25)20(28)26-17-5-3-4-16(11-17)21(22,23)24/h3-11H,2,13H2,1H3,(H,26,28)/b15-10-. The highest BCUT2D eigenvalue weighted by molar-refractivity contribution is 6.09. The monoisotopic (exact) mass is 418 g/mol. The van der Waals surface area contributed by atoms with Gasteiger partial charge in [0.25, 0.3) is 5.91 Å². The summed E-state index contributed by atoms with van der Waals surface area (Å²) in [5, 5.41) is 11.5. The van der Waals surface area contributed by atoms with E-state index in [-0.39, 0.29) is 24.5 Å². The van der Waals surface area contributed by atoms with Crippen LogP contribution in [0, 0.1) is 11.3 Å². The Morgan fingerprint density at radius 3 is 2.47 bits per heavy atom. The van der Waals surface area contributed by atoms with Crippen molar-refractivity contribution in [2.24, 2.45) is 0 Å². The minimum atomic E-state index is -4.55. The number of halogens is 3. The van der Waals surface area contributed by atoms with Crippen LogP contribution in [0.15, 0.2) is 54.1 Å². The fourth-order valence-electron chi connectivity index (χ4n) is 2.29. The molecule has 0 bridgehead atoms. The predicted molar refractivity (Wildman–Crippen MR) is 102 cm³/mol. The highest BCUT2D eigenvalue weighted by atomic mass is 19.4. The van der Waals surface area contributed by atoms with Gasteiger partial charge in [-0.1, -0.05) is 18.2 Å². The zero-order valence-electron chi connectivity index (χ0n) is 15.8. The first kappa shape index (κ1) is 22.5. The molecule has 156 valence electrons. The maximum Gasteiger partial charge on any atom is 0.416 e. The molecule has 0 aliphatic carbocycles. The van der Waals surface area contributed by atoms with Gasteiger partial charge < -0.3 is 14.8 Å². The van der Waals surface area contributed by atoms with E-state index in [1.54, 1.807) is 25.1 Å². The lowest BCUT2D eigenvalue weighted by molar-refractivity contribution is -0.145. The molecule has 6 nitrogen and oxygen atoms in total. The maximum atomic E-state index is 12.8. The zero-order valence-corrected chi connectivity index (χ0v) is 15.8. The second kappa shape index (κ2) is 10.1. The van der Waals surface area contributed by atoms with E-state index in [0.29, 0.717) is 11.3 Å². The first-order valence-corrected chi connectivity index (χ1v) is 8.72. The molecular formula is C21H17F3N2O4. The van der Waals surface area contributed by atoms with Gasteiger partial charge in [0.1, 0.15) is 17.4 Å². The summed E-state index contributed by atoms with van der Waals surface area (Å²) < 4.78 is 48.3. The lowest BCUT2D eigenvalue weighted by atomic mass is 10.1. The molecule has 0 saturated carbocycles. The van der Waals surface area contributed by atoms with Crippen LogP contribution in [0.3, 0.4) is 0 Å². The number of nitrogens with one attached hydrogen (secondary N) is 1. The summed E-state index contributed by atoms with van der Waals surface area (Å²) in [5.74, 6) is -0.980. The van der Waals surface area contributed by atoms with Crippen molar-refractivity contribution in [2.45, 2.75) is 13.1 Å². The van der Waals surface area contributed by atoms with E-state index in [0.717, 1.165) is 18.2 Å². The highest BCUT2D eigenvalue weighted by Crippen LogP contribution is 2.30. The van der Waals surface area contributed by atoms with E-state index >= 15 is 0 Å². The van der Waals surface area contributed by atoms with E-state index in [4.69, 9.17) is 9.47 Å². The van der Waals surface area contributed by atoms with Crippen molar-refractivity contribution in [3.05, 3.63) is 65.2 Å². The van der Waals surface area contributed by atoms with Gasteiger partial charge in [-0.25, -0.2) is 4.79 Å². The van der Waals surface area contributed by atoms with Crippen LogP contribution in [0.25, 0.3) is 6.08 Å². The van der Waals surface area contributed by atoms with Gasteiger partial charge in [-0.05, 0) is 48.9 Å². The summed E-state index contributed by atoms with van der Waals surface area (Å²) >= 11 is 0. The SMILES string of the molecule is CCOC(=O)COc1ccc(/C=C(/C#N)C(=O)Nc2cccc(C(F)(F)F)c2)cc1. The normalized spacial score (nSPS) is 11.4. The fourth-order valence-corrected chi connectivity index (χ4v) is 2.29. The van der Waals surface area contributed by atoms with Gasteiger partial charge in [0.15, 0.2) is 6.61 Å². The highest BCUT2D eigenvalue weighted by Gasteiger charge is 2.30. The molecule has 1 N–H and O–H groups in total. The van der Waals surface area contributed by atoms with Gasteiger partial charge in [0, 0.05) is 5.69 Å². The minimum absolute atomic E-state index is 0.0845. The van der Waals surface area contributed by atoms with E-state index in [1.165, 1.54) is 24.3 Å². The number of hydrogen-bond acceptors (Lipinski definition) is 5. The molecule has 0 aromatic heterocycles. The second-order valence-electron chi connectivity index (χ2n) is 5.87. The van der Waals surface area contributed by atoms with Crippen LogP contribution >= 0.6 is 0 Å². The van der Waals surface area contributed by atoms with Crippen LogP contribution < -0.4 is 10.1 Å². The van der Waals surface area contributed by atoms with Crippen molar-refractivity contribution < 1.29 is 32.2 Å². The van der Waals surface area contributed by atoms with Crippen LogP contribution in [-0.4, -0.2) is 25.1 Å². The molecule has 0 aliphatic heterocycles. The average molecular weight is 418 g/mol. The van der Waals surface area contributed by atoms with Crippen molar-refractivity contribution >= 4 is 23.6 Å². The molecule has 0 radical (unpaired) electrons. The smallest absolute Gasteiger partial charge is 0.416 e. The first-order valence-electron chi connectivity index (χ1n) is 8.72. The summed E-state index contributed by atoms with van der Waals surface area (Å²) in [7, 11) is 0. The predicted octanol–water partition coefficient (Wildman–Crippen LogP) is 4.19. The molecule has 2 aromatic rings. The summed E-state index contributed by atoms with van der Waals surface area (Å²) in [6.45, 7) is 1.66. The lowest BCUT2D eigenvalue weighted by Crippen LogP contribution is -2.14. The van der Waals surface area contributed by atoms with E-state index in [2.05, 4.69) is 5.32 Å². The van der Waals surface area contributed by atoms with Gasteiger partial charge in [-0.3, -0.25) is 4.79 Å². The van der Waals surface area contributed by atoms with Crippen LogP contribution in [0.2, 0.25) is 0 Å². The topological polar surface area (TPSA) is 88.4 Å². The quantitative estimate of drug-likeness (QED) is 0.414. The number of hydrogen-bond donors (Lipinski definition) is 1. The number of amides is 1. The Morgan fingerprint density at radius 2 is 1.87 bits per heavy atom.